The number of aryl methyl sites for hydroxylation is 1. The lowest BCUT2D eigenvalue weighted by Gasteiger charge is -2.34. The van der Waals surface area contributed by atoms with Gasteiger partial charge in [-0.25, -0.2) is 18.6 Å². The quantitative estimate of drug-likeness (QED) is 0.543. The third-order valence-corrected chi connectivity index (χ3v) is 5.76. The van der Waals surface area contributed by atoms with Crippen LogP contribution in [0.4, 0.5) is 25.2 Å². The fraction of sp³-hybridized carbons (Fsp3) is 0.417. The van der Waals surface area contributed by atoms with E-state index in [1.54, 1.807) is 4.90 Å². The molecule has 186 valence electrons. The van der Waals surface area contributed by atoms with Gasteiger partial charge in [-0.15, -0.1) is 0 Å². The molecule has 0 saturated carbocycles. The predicted molar refractivity (Wildman–Crippen MR) is 129 cm³/mol. The zero-order valence-corrected chi connectivity index (χ0v) is 20.1. The molecule has 1 amide bonds. The highest BCUT2D eigenvalue weighted by atomic mass is 19.2. The summed E-state index contributed by atoms with van der Waals surface area (Å²) >= 11 is 0. The Hall–Kier alpha value is -3.76. The summed E-state index contributed by atoms with van der Waals surface area (Å²) in [6.07, 6.45) is 2.73. The number of halogens is 2. The van der Waals surface area contributed by atoms with Crippen LogP contribution in [0.15, 0.2) is 29.2 Å². The van der Waals surface area contributed by atoms with Crippen LogP contribution in [0.25, 0.3) is 22.2 Å². The number of nitrogens with two attached hydrogens (primary N) is 1. The van der Waals surface area contributed by atoms with E-state index in [2.05, 4.69) is 15.3 Å². The summed E-state index contributed by atoms with van der Waals surface area (Å²) in [4.78, 5) is 35.8. The molecule has 3 N–H and O–H groups in total. The van der Waals surface area contributed by atoms with Crippen LogP contribution in [-0.2, 0) is 11.8 Å². The third kappa shape index (κ3) is 5.03. The van der Waals surface area contributed by atoms with Crippen molar-refractivity contribution in [1.29, 1.82) is 0 Å². The van der Waals surface area contributed by atoms with Gasteiger partial charge in [0.1, 0.15) is 11.2 Å². The van der Waals surface area contributed by atoms with E-state index in [1.807, 2.05) is 20.8 Å². The highest BCUT2D eigenvalue weighted by Gasteiger charge is 2.28. The van der Waals surface area contributed by atoms with E-state index in [0.29, 0.717) is 30.1 Å². The summed E-state index contributed by atoms with van der Waals surface area (Å²) in [7, 11) is 1.50. The first-order chi connectivity index (χ1) is 16.4. The van der Waals surface area contributed by atoms with E-state index in [9.17, 15) is 18.4 Å². The van der Waals surface area contributed by atoms with Gasteiger partial charge in [-0.2, -0.15) is 4.98 Å². The van der Waals surface area contributed by atoms with Crippen molar-refractivity contribution in [2.75, 3.05) is 24.1 Å². The van der Waals surface area contributed by atoms with Gasteiger partial charge in [0.25, 0.3) is 5.56 Å². The van der Waals surface area contributed by atoms with Gasteiger partial charge < -0.3 is 20.7 Å². The molecule has 0 spiro atoms. The number of likely N-dealkylation sites (tertiary alicyclic amines) is 1. The number of nitrogens with one attached hydrogen (secondary N) is 1. The number of carbonyl (C=O) groups excluding carboxylic acids is 1. The Morgan fingerprint density at radius 1 is 1.23 bits per heavy atom. The van der Waals surface area contributed by atoms with Crippen molar-refractivity contribution in [3.8, 4) is 11.1 Å². The van der Waals surface area contributed by atoms with Crippen LogP contribution >= 0.6 is 0 Å². The lowest BCUT2D eigenvalue weighted by atomic mass is 10.0. The number of nitrogen functional groups attached to an aromatic ring is 1. The molecule has 1 aliphatic heterocycles. The number of piperidine rings is 1. The molecule has 35 heavy (non-hydrogen) atoms. The van der Waals surface area contributed by atoms with Gasteiger partial charge in [-0.1, -0.05) is 0 Å². The SMILES string of the molecule is Cn1c(=O)c(-c2ccc(N)c(F)c2F)cc2cnc(NC3CCCN(C(=O)OC(C)(C)C)C3)nc21. The minimum atomic E-state index is -1.20. The molecule has 9 nitrogen and oxygen atoms in total. The molecular weight excluding hydrogens is 458 g/mol. The van der Waals surface area contributed by atoms with Crippen LogP contribution in [-0.4, -0.2) is 50.3 Å². The first-order valence-corrected chi connectivity index (χ1v) is 11.3. The van der Waals surface area contributed by atoms with Gasteiger partial charge in [-0.3, -0.25) is 9.36 Å². The van der Waals surface area contributed by atoms with E-state index >= 15 is 0 Å². The maximum absolute atomic E-state index is 14.5. The smallest absolute Gasteiger partial charge is 0.410 e. The molecule has 1 fully saturated rings. The molecule has 3 heterocycles. The molecule has 0 aliphatic carbocycles. The van der Waals surface area contributed by atoms with Crippen molar-refractivity contribution in [3.63, 3.8) is 0 Å². The van der Waals surface area contributed by atoms with Crippen LogP contribution in [0, 0.1) is 11.6 Å². The minimum absolute atomic E-state index is 0.0269. The second kappa shape index (κ2) is 9.12. The van der Waals surface area contributed by atoms with Crippen molar-refractivity contribution in [1.82, 2.24) is 19.4 Å². The number of aromatic nitrogens is 3. The molecule has 4 rings (SSSR count). The molecule has 3 aromatic rings. The van der Waals surface area contributed by atoms with Crippen molar-refractivity contribution >= 4 is 28.8 Å². The number of nitrogens with zero attached hydrogens (tertiary/aromatic N) is 4. The first-order valence-electron chi connectivity index (χ1n) is 11.3. The molecule has 0 radical (unpaired) electrons. The molecular formula is C24H28F2N6O3. The number of hydrogen-bond donors (Lipinski definition) is 2. The zero-order chi connectivity index (χ0) is 25.5. The topological polar surface area (TPSA) is 115 Å². The van der Waals surface area contributed by atoms with Crippen LogP contribution < -0.4 is 16.6 Å². The predicted octanol–water partition coefficient (Wildman–Crippen LogP) is 3.67. The summed E-state index contributed by atoms with van der Waals surface area (Å²) in [5.74, 6) is -2.10. The van der Waals surface area contributed by atoms with Gasteiger partial charge in [0.15, 0.2) is 11.6 Å². The number of hydrogen-bond acceptors (Lipinski definition) is 7. The van der Waals surface area contributed by atoms with Crippen molar-refractivity contribution in [2.45, 2.75) is 45.3 Å². The molecule has 1 aromatic carbocycles. The Bertz CT molecular complexity index is 1350. The maximum Gasteiger partial charge on any atom is 0.410 e. The molecule has 1 atom stereocenters. The van der Waals surface area contributed by atoms with Crippen molar-refractivity contribution in [2.24, 2.45) is 7.05 Å². The van der Waals surface area contributed by atoms with E-state index in [1.165, 1.54) is 36.0 Å². The lowest BCUT2D eigenvalue weighted by molar-refractivity contribution is 0.0206. The fourth-order valence-electron chi connectivity index (χ4n) is 4.05. The van der Waals surface area contributed by atoms with Crippen LogP contribution in [0.3, 0.4) is 0 Å². The van der Waals surface area contributed by atoms with E-state index < -0.39 is 22.8 Å². The minimum Gasteiger partial charge on any atom is -0.444 e. The van der Waals surface area contributed by atoms with Gasteiger partial charge in [-0.05, 0) is 51.8 Å². The monoisotopic (exact) mass is 486 g/mol. The number of anilines is 2. The zero-order valence-electron chi connectivity index (χ0n) is 20.1. The second-order valence-corrected chi connectivity index (χ2v) is 9.63. The standard InChI is InChI=1S/C24H28F2N6O3/c1-24(2,3)35-23(34)32-9-5-6-14(12-32)29-22-28-11-13-10-16(21(33)31(4)20(13)30-22)15-7-8-17(27)19(26)18(15)25/h7-8,10-11,14H,5-6,9,12,27H2,1-4H3,(H,28,29,30). The molecule has 1 aliphatic rings. The third-order valence-electron chi connectivity index (χ3n) is 5.76. The number of ether oxygens (including phenoxy) is 1. The average Bonchev–Trinajstić information content (AvgIpc) is 2.80. The maximum atomic E-state index is 14.5. The highest BCUT2D eigenvalue weighted by Crippen LogP contribution is 2.27. The normalized spacial score (nSPS) is 16.4. The summed E-state index contributed by atoms with van der Waals surface area (Å²) in [5.41, 5.74) is 4.07. The number of carbonyl (C=O) groups is 1. The summed E-state index contributed by atoms with van der Waals surface area (Å²) in [5, 5.41) is 3.70. The number of benzene rings is 1. The van der Waals surface area contributed by atoms with Gasteiger partial charge in [0.2, 0.25) is 5.95 Å². The van der Waals surface area contributed by atoms with Gasteiger partial charge in [0, 0.05) is 43.3 Å². The Morgan fingerprint density at radius 2 is 1.97 bits per heavy atom. The lowest BCUT2D eigenvalue weighted by Crippen LogP contribution is -2.47. The molecule has 0 bridgehead atoms. The summed E-state index contributed by atoms with van der Waals surface area (Å²) < 4.78 is 35.2. The highest BCUT2D eigenvalue weighted by molar-refractivity contribution is 5.82. The van der Waals surface area contributed by atoms with Crippen LogP contribution in [0.2, 0.25) is 0 Å². The van der Waals surface area contributed by atoms with E-state index in [4.69, 9.17) is 10.5 Å². The van der Waals surface area contributed by atoms with Crippen LogP contribution in [0.1, 0.15) is 33.6 Å². The Labute approximate surface area is 200 Å². The summed E-state index contributed by atoms with van der Waals surface area (Å²) in [6.45, 7) is 6.49. The number of amides is 1. The van der Waals surface area contributed by atoms with Crippen LogP contribution in [0.5, 0.6) is 0 Å². The number of pyridine rings is 1. The Kier molecular flexibility index (Phi) is 6.35. The Balaban J connectivity index is 1.59. The van der Waals surface area contributed by atoms with Gasteiger partial charge in [0.05, 0.1) is 11.3 Å². The first kappa shape index (κ1) is 24.4. The van der Waals surface area contributed by atoms with E-state index in [-0.39, 0.29) is 28.9 Å². The number of fused-ring (bicyclic) bond motifs is 1. The van der Waals surface area contributed by atoms with Crippen molar-refractivity contribution < 1.29 is 18.3 Å². The number of rotatable bonds is 3. The second-order valence-electron chi connectivity index (χ2n) is 9.63. The molecule has 1 saturated heterocycles. The average molecular weight is 487 g/mol. The Morgan fingerprint density at radius 3 is 2.69 bits per heavy atom. The molecule has 11 heteroatoms. The molecule has 2 aromatic heterocycles. The largest absolute Gasteiger partial charge is 0.444 e. The van der Waals surface area contributed by atoms with E-state index in [0.717, 1.165) is 12.8 Å². The van der Waals surface area contributed by atoms with Crippen molar-refractivity contribution in [3.05, 3.63) is 46.4 Å². The summed E-state index contributed by atoms with van der Waals surface area (Å²) in [6, 6.07) is 3.82. The molecule has 1 unspecified atom stereocenters. The fourth-order valence-corrected chi connectivity index (χ4v) is 4.05. The van der Waals surface area contributed by atoms with Gasteiger partial charge >= 0.3 is 6.09 Å².